The third-order valence-corrected chi connectivity index (χ3v) is 3.62. The Morgan fingerprint density at radius 2 is 0.786 bits per heavy atom. The van der Waals surface area contributed by atoms with E-state index in [1.165, 1.54) is 12.1 Å². The predicted molar refractivity (Wildman–Crippen MR) is 108 cm³/mol. The molecule has 0 bridgehead atoms. The van der Waals surface area contributed by atoms with Gasteiger partial charge in [0, 0.05) is 24.3 Å². The van der Waals surface area contributed by atoms with E-state index < -0.39 is 0 Å². The summed E-state index contributed by atoms with van der Waals surface area (Å²) in [4.78, 5) is 0. The Bertz CT molecular complexity index is 722. The Hall–Kier alpha value is -3.22. The van der Waals surface area contributed by atoms with Crippen LogP contribution in [-0.2, 0) is 12.8 Å². The lowest BCUT2D eigenvalue weighted by Crippen LogP contribution is -2.01. The van der Waals surface area contributed by atoms with Crippen LogP contribution in [0, 0.1) is 0 Å². The summed E-state index contributed by atoms with van der Waals surface area (Å²) >= 11 is 0. The van der Waals surface area contributed by atoms with E-state index in [0.717, 1.165) is 0 Å². The molecule has 0 aliphatic rings. The van der Waals surface area contributed by atoms with Gasteiger partial charge in [0.2, 0.25) is 0 Å². The zero-order valence-corrected chi connectivity index (χ0v) is 15.4. The number of para-hydroxylation sites is 2. The van der Waals surface area contributed by atoms with Gasteiger partial charge in [0.25, 0.3) is 0 Å². The molecule has 0 atom stereocenters. The second-order valence-corrected chi connectivity index (χ2v) is 5.68. The molecule has 0 amide bonds. The van der Waals surface area contributed by atoms with Gasteiger partial charge < -0.3 is 30.6 Å². The molecule has 6 heteroatoms. The van der Waals surface area contributed by atoms with Gasteiger partial charge in [-0.3, -0.25) is 0 Å². The monoisotopic (exact) mass is 386 g/mol. The van der Waals surface area contributed by atoms with Gasteiger partial charge in [-0.2, -0.15) is 0 Å². The van der Waals surface area contributed by atoms with E-state index in [9.17, 15) is 10.2 Å². The SMILES string of the molecule is OCCc1c(O)ccc(O)c1CCO.Oc1ccccc1.Oc1ccccc1. The van der Waals surface area contributed by atoms with Gasteiger partial charge in [0.15, 0.2) is 0 Å². The molecule has 0 saturated heterocycles. The highest BCUT2D eigenvalue weighted by molar-refractivity contribution is 5.47. The Balaban J connectivity index is 0.000000233. The summed E-state index contributed by atoms with van der Waals surface area (Å²) in [6.07, 6.45) is 0.547. The van der Waals surface area contributed by atoms with Gasteiger partial charge >= 0.3 is 0 Å². The van der Waals surface area contributed by atoms with Crippen LogP contribution in [0.3, 0.4) is 0 Å². The lowest BCUT2D eigenvalue weighted by molar-refractivity contribution is 0.289. The number of aliphatic hydroxyl groups is 2. The van der Waals surface area contributed by atoms with Crippen LogP contribution in [-0.4, -0.2) is 43.9 Å². The maximum absolute atomic E-state index is 9.47. The smallest absolute Gasteiger partial charge is 0.119 e. The van der Waals surface area contributed by atoms with Crippen LogP contribution in [0.1, 0.15) is 11.1 Å². The van der Waals surface area contributed by atoms with Gasteiger partial charge in [-0.1, -0.05) is 36.4 Å². The van der Waals surface area contributed by atoms with E-state index in [2.05, 4.69) is 0 Å². The van der Waals surface area contributed by atoms with Crippen molar-refractivity contribution < 1.29 is 30.6 Å². The molecule has 0 spiro atoms. The Kier molecular flexibility index (Phi) is 10.6. The van der Waals surface area contributed by atoms with Gasteiger partial charge in [-0.25, -0.2) is 0 Å². The van der Waals surface area contributed by atoms with Crippen molar-refractivity contribution in [1.29, 1.82) is 0 Å². The predicted octanol–water partition coefficient (Wildman–Crippen LogP) is 2.95. The second-order valence-electron chi connectivity index (χ2n) is 5.68. The van der Waals surface area contributed by atoms with Gasteiger partial charge in [0.1, 0.15) is 23.0 Å². The molecule has 3 aromatic rings. The molecule has 0 fully saturated rings. The molecule has 6 nitrogen and oxygen atoms in total. The summed E-state index contributed by atoms with van der Waals surface area (Å²) in [6.45, 7) is -0.203. The number of aliphatic hydroxyl groups excluding tert-OH is 2. The second kappa shape index (κ2) is 13.0. The fraction of sp³-hybridized carbons (Fsp3) is 0.182. The summed E-state index contributed by atoms with van der Waals surface area (Å²) in [7, 11) is 0. The molecule has 0 unspecified atom stereocenters. The van der Waals surface area contributed by atoms with Crippen LogP contribution in [0.2, 0.25) is 0 Å². The van der Waals surface area contributed by atoms with Crippen LogP contribution in [0.5, 0.6) is 23.0 Å². The minimum atomic E-state index is -0.102. The average Bonchev–Trinajstić information content (AvgIpc) is 2.70. The molecule has 28 heavy (non-hydrogen) atoms. The van der Waals surface area contributed by atoms with Crippen molar-refractivity contribution in [3.05, 3.63) is 83.9 Å². The van der Waals surface area contributed by atoms with E-state index in [1.807, 2.05) is 12.1 Å². The number of rotatable bonds is 4. The number of aromatic hydroxyl groups is 4. The summed E-state index contributed by atoms with van der Waals surface area (Å²) in [5.41, 5.74) is 1.00. The first-order chi connectivity index (χ1) is 13.5. The Morgan fingerprint density at radius 1 is 0.464 bits per heavy atom. The molecule has 3 rings (SSSR count). The lowest BCUT2D eigenvalue weighted by atomic mass is 10.00. The van der Waals surface area contributed by atoms with Crippen LogP contribution >= 0.6 is 0 Å². The van der Waals surface area contributed by atoms with Crippen LogP contribution in [0.15, 0.2) is 72.8 Å². The number of phenols is 4. The molecule has 0 radical (unpaired) electrons. The zero-order valence-electron chi connectivity index (χ0n) is 15.4. The van der Waals surface area contributed by atoms with E-state index in [-0.39, 0.29) is 37.6 Å². The third-order valence-electron chi connectivity index (χ3n) is 3.62. The van der Waals surface area contributed by atoms with Crippen LogP contribution in [0.4, 0.5) is 0 Å². The molecule has 0 heterocycles. The van der Waals surface area contributed by atoms with Crippen molar-refractivity contribution in [2.45, 2.75) is 12.8 Å². The van der Waals surface area contributed by atoms with Crippen molar-refractivity contribution >= 4 is 0 Å². The van der Waals surface area contributed by atoms with Gasteiger partial charge in [-0.15, -0.1) is 0 Å². The summed E-state index contributed by atoms with van der Waals surface area (Å²) < 4.78 is 0. The van der Waals surface area contributed by atoms with Gasteiger partial charge in [0.05, 0.1) is 0 Å². The Morgan fingerprint density at radius 3 is 1.00 bits per heavy atom. The number of phenolic OH excluding ortho intramolecular Hbond substituents is 4. The first-order valence-corrected chi connectivity index (χ1v) is 8.72. The molecule has 0 aromatic heterocycles. The van der Waals surface area contributed by atoms with E-state index in [4.69, 9.17) is 20.4 Å². The van der Waals surface area contributed by atoms with Crippen molar-refractivity contribution in [3.63, 3.8) is 0 Å². The number of benzene rings is 3. The molecule has 150 valence electrons. The highest BCUT2D eigenvalue weighted by Crippen LogP contribution is 2.29. The van der Waals surface area contributed by atoms with Crippen molar-refractivity contribution in [3.8, 4) is 23.0 Å². The lowest BCUT2D eigenvalue weighted by Gasteiger charge is -2.11. The molecule has 6 N–H and O–H groups in total. The first kappa shape index (κ1) is 22.8. The van der Waals surface area contributed by atoms with Crippen molar-refractivity contribution in [1.82, 2.24) is 0 Å². The molecule has 0 aliphatic heterocycles. The minimum Gasteiger partial charge on any atom is -0.508 e. The third kappa shape index (κ3) is 8.44. The average molecular weight is 386 g/mol. The maximum Gasteiger partial charge on any atom is 0.119 e. The summed E-state index contributed by atoms with van der Waals surface area (Å²) in [5, 5.41) is 53.7. The standard InChI is InChI=1S/C10H14O4.2C6H6O/c11-5-3-7-8(4-6-12)10(14)2-1-9(7)13;2*7-6-4-2-1-3-5-6/h1-2,11-14H,3-6H2;2*1-5,7H. The van der Waals surface area contributed by atoms with E-state index in [1.54, 1.807) is 48.5 Å². The number of hydrogen-bond acceptors (Lipinski definition) is 6. The van der Waals surface area contributed by atoms with Crippen LogP contribution < -0.4 is 0 Å². The van der Waals surface area contributed by atoms with Crippen LogP contribution in [0.25, 0.3) is 0 Å². The van der Waals surface area contributed by atoms with E-state index in [0.29, 0.717) is 22.6 Å². The van der Waals surface area contributed by atoms with Gasteiger partial charge in [-0.05, 0) is 49.2 Å². The van der Waals surface area contributed by atoms with Crippen molar-refractivity contribution in [2.75, 3.05) is 13.2 Å². The first-order valence-electron chi connectivity index (χ1n) is 8.72. The highest BCUT2D eigenvalue weighted by atomic mass is 16.3. The molecule has 0 saturated carbocycles. The fourth-order valence-corrected chi connectivity index (χ4v) is 2.31. The molecular weight excluding hydrogens is 360 g/mol. The highest BCUT2D eigenvalue weighted by Gasteiger charge is 2.11. The quantitative estimate of drug-likeness (QED) is 0.384. The fourth-order valence-electron chi connectivity index (χ4n) is 2.31. The largest absolute Gasteiger partial charge is 0.508 e. The maximum atomic E-state index is 9.47. The minimum absolute atomic E-state index is 0.0419. The summed E-state index contributed by atoms with van der Waals surface area (Å²) in [5.74, 6) is 0.727. The molecule has 0 aliphatic carbocycles. The summed E-state index contributed by atoms with van der Waals surface area (Å²) in [6, 6.07) is 20.2. The van der Waals surface area contributed by atoms with E-state index >= 15 is 0 Å². The van der Waals surface area contributed by atoms with Crippen molar-refractivity contribution in [2.24, 2.45) is 0 Å². The normalized spacial score (nSPS) is 9.50. The topological polar surface area (TPSA) is 121 Å². The molecular formula is C22H26O6. The zero-order chi connectivity index (χ0) is 20.8. The molecule has 3 aromatic carbocycles. The number of hydrogen-bond donors (Lipinski definition) is 6. The Labute approximate surface area is 164 Å².